The maximum Gasteiger partial charge on any atom is 0.262 e. The number of anilines is 1. The smallest absolute Gasteiger partial charge is 0.262 e. The molecule has 1 amide bonds. The van der Waals surface area contributed by atoms with E-state index in [4.69, 9.17) is 14.8 Å². The van der Waals surface area contributed by atoms with Gasteiger partial charge in [-0.25, -0.2) is 4.68 Å². The fourth-order valence-corrected chi connectivity index (χ4v) is 5.53. The summed E-state index contributed by atoms with van der Waals surface area (Å²) in [5.74, 6) is 1.37. The molecular formula is C24H30N4O2S. The van der Waals surface area contributed by atoms with Crippen molar-refractivity contribution in [1.29, 1.82) is 0 Å². The highest BCUT2D eigenvalue weighted by Crippen LogP contribution is 2.33. The normalized spacial score (nSPS) is 22.6. The molecule has 0 saturated heterocycles. The minimum absolute atomic E-state index is 0.0707. The molecule has 0 spiro atoms. The van der Waals surface area contributed by atoms with Crippen LogP contribution in [0.1, 0.15) is 64.7 Å². The average Bonchev–Trinajstić information content (AvgIpc) is 3.17. The molecule has 1 N–H and O–H groups in total. The van der Waals surface area contributed by atoms with Gasteiger partial charge in [-0.15, -0.1) is 11.3 Å². The second kappa shape index (κ2) is 8.99. The Morgan fingerprint density at radius 2 is 1.94 bits per heavy atom. The van der Waals surface area contributed by atoms with Crippen molar-refractivity contribution in [3.05, 3.63) is 28.4 Å². The lowest BCUT2D eigenvalue weighted by Gasteiger charge is -2.20. The summed E-state index contributed by atoms with van der Waals surface area (Å²) in [6.45, 7) is 2.40. The predicted molar refractivity (Wildman–Crippen MR) is 125 cm³/mol. The number of aromatic nitrogens is 1. The lowest BCUT2D eigenvalue weighted by atomic mass is 9.90. The van der Waals surface area contributed by atoms with E-state index < -0.39 is 0 Å². The fourth-order valence-electron chi connectivity index (χ4n) is 4.63. The number of nitrogens with zero attached hydrogens (tertiary/aromatic N) is 3. The maximum atomic E-state index is 11.8. The largest absolute Gasteiger partial charge is 0.482 e. The van der Waals surface area contributed by atoms with E-state index in [0.29, 0.717) is 11.8 Å². The van der Waals surface area contributed by atoms with E-state index in [1.807, 2.05) is 18.2 Å². The Kier molecular flexibility index (Phi) is 5.94. The van der Waals surface area contributed by atoms with Gasteiger partial charge in [-0.3, -0.25) is 9.79 Å². The molecule has 0 unspecified atom stereocenters. The van der Waals surface area contributed by atoms with Gasteiger partial charge < -0.3 is 10.1 Å². The highest BCUT2D eigenvalue weighted by atomic mass is 32.1. The van der Waals surface area contributed by atoms with Gasteiger partial charge in [0, 0.05) is 16.7 Å². The first-order valence-corrected chi connectivity index (χ1v) is 12.4. The monoisotopic (exact) mass is 438 g/mol. The number of hydrogen-bond donors (Lipinski definition) is 1. The van der Waals surface area contributed by atoms with Crippen molar-refractivity contribution in [2.24, 2.45) is 16.0 Å². The Hall–Kier alpha value is -2.41. The lowest BCUT2D eigenvalue weighted by molar-refractivity contribution is -0.118. The first-order chi connectivity index (χ1) is 15.2. The Morgan fingerprint density at radius 3 is 2.74 bits per heavy atom. The third-order valence-electron chi connectivity index (χ3n) is 6.55. The number of fused-ring (bicyclic) bond motifs is 1. The highest BCUT2D eigenvalue weighted by Gasteiger charge is 2.20. The van der Waals surface area contributed by atoms with Crippen LogP contribution in [0.25, 0.3) is 11.3 Å². The van der Waals surface area contributed by atoms with Crippen LogP contribution >= 0.6 is 11.3 Å². The van der Waals surface area contributed by atoms with Crippen molar-refractivity contribution in [3.8, 4) is 17.0 Å². The van der Waals surface area contributed by atoms with Gasteiger partial charge in [0.2, 0.25) is 4.80 Å². The number of benzene rings is 1. The summed E-state index contributed by atoms with van der Waals surface area (Å²) in [4.78, 5) is 17.9. The first kappa shape index (κ1) is 20.5. The van der Waals surface area contributed by atoms with Gasteiger partial charge >= 0.3 is 0 Å². The van der Waals surface area contributed by atoms with Crippen LogP contribution < -0.4 is 14.9 Å². The molecule has 2 fully saturated rings. The van der Waals surface area contributed by atoms with Gasteiger partial charge in [-0.2, -0.15) is 5.10 Å². The number of carbonyl (C=O) groups is 1. The van der Waals surface area contributed by atoms with Crippen molar-refractivity contribution < 1.29 is 9.53 Å². The van der Waals surface area contributed by atoms with Crippen LogP contribution in [0, 0.1) is 5.92 Å². The summed E-state index contributed by atoms with van der Waals surface area (Å²) < 4.78 is 7.59. The molecule has 3 aliphatic rings. The summed E-state index contributed by atoms with van der Waals surface area (Å²) in [5.41, 5.74) is 4.02. The second-order valence-corrected chi connectivity index (χ2v) is 9.87. The van der Waals surface area contributed by atoms with E-state index in [1.165, 1.54) is 50.7 Å². The van der Waals surface area contributed by atoms with E-state index in [9.17, 15) is 4.79 Å². The Morgan fingerprint density at radius 1 is 1.13 bits per heavy atom. The quantitative estimate of drug-likeness (QED) is 0.716. The summed E-state index contributed by atoms with van der Waals surface area (Å²) in [6.07, 6.45) is 10.7. The molecule has 0 bridgehead atoms. The summed E-state index contributed by atoms with van der Waals surface area (Å²) in [6, 6.07) is 6.36. The second-order valence-electron chi connectivity index (χ2n) is 9.03. The zero-order valence-corrected chi connectivity index (χ0v) is 18.9. The number of amides is 1. The topological polar surface area (TPSA) is 68.0 Å². The maximum absolute atomic E-state index is 11.8. The molecule has 1 aromatic carbocycles. The third-order valence-corrected chi connectivity index (χ3v) is 7.38. The molecule has 2 heterocycles. The van der Waals surface area contributed by atoms with Crippen molar-refractivity contribution >= 4 is 28.6 Å². The van der Waals surface area contributed by atoms with Crippen molar-refractivity contribution in [2.45, 2.75) is 70.8 Å². The number of thiazole rings is 1. The van der Waals surface area contributed by atoms with Crippen LogP contribution in [0.4, 0.5) is 5.69 Å². The van der Waals surface area contributed by atoms with E-state index in [-0.39, 0.29) is 12.5 Å². The van der Waals surface area contributed by atoms with Gasteiger partial charge in [-0.05, 0) is 62.6 Å². The van der Waals surface area contributed by atoms with Crippen LogP contribution in [0.5, 0.6) is 5.75 Å². The summed E-state index contributed by atoms with van der Waals surface area (Å²) in [7, 11) is 0. The zero-order valence-electron chi connectivity index (χ0n) is 18.1. The minimum Gasteiger partial charge on any atom is -0.482 e. The molecule has 1 aliphatic heterocycles. The van der Waals surface area contributed by atoms with Crippen LogP contribution in [-0.4, -0.2) is 28.9 Å². The lowest BCUT2D eigenvalue weighted by Crippen LogP contribution is -2.25. The molecule has 2 saturated carbocycles. The van der Waals surface area contributed by atoms with Crippen LogP contribution in [0.15, 0.2) is 33.7 Å². The molecule has 6 nitrogen and oxygen atoms in total. The molecule has 2 aromatic rings. The number of nitrogens with one attached hydrogen (secondary N) is 1. The van der Waals surface area contributed by atoms with E-state index in [0.717, 1.165) is 40.5 Å². The average molecular weight is 439 g/mol. The molecule has 0 radical (unpaired) electrons. The highest BCUT2D eigenvalue weighted by molar-refractivity contribution is 7.07. The Balaban J connectivity index is 1.55. The van der Waals surface area contributed by atoms with Gasteiger partial charge in [0.25, 0.3) is 5.91 Å². The van der Waals surface area contributed by atoms with E-state index >= 15 is 0 Å². The standard InChI is InChI=1S/C24H30N4O2S/c1-16-7-10-19(11-8-16)27-28-21(15-31-24(28)25-18-5-3-2-4-6-18)17-9-12-22-20(13-17)26-23(29)14-30-22/h9,12-13,15-16,18H,2-8,10-11,14H2,1H3,(H,26,29). The summed E-state index contributed by atoms with van der Waals surface area (Å²) >= 11 is 1.66. The molecule has 0 atom stereocenters. The number of ether oxygens (including phenoxy) is 1. The van der Waals surface area contributed by atoms with Gasteiger partial charge in [0.1, 0.15) is 5.75 Å². The molecule has 1 aromatic heterocycles. The van der Waals surface area contributed by atoms with Crippen LogP contribution in [0.3, 0.4) is 0 Å². The van der Waals surface area contributed by atoms with Gasteiger partial charge in [0.05, 0.1) is 17.4 Å². The van der Waals surface area contributed by atoms with Crippen molar-refractivity contribution in [3.63, 3.8) is 0 Å². The molecular weight excluding hydrogens is 408 g/mol. The van der Waals surface area contributed by atoms with Crippen molar-refractivity contribution in [1.82, 2.24) is 4.68 Å². The Labute approximate surface area is 187 Å². The van der Waals surface area contributed by atoms with Gasteiger partial charge in [0.15, 0.2) is 6.61 Å². The van der Waals surface area contributed by atoms with Crippen molar-refractivity contribution in [2.75, 3.05) is 11.9 Å². The Bertz CT molecular complexity index is 1050. The van der Waals surface area contributed by atoms with E-state index in [2.05, 4.69) is 22.3 Å². The third kappa shape index (κ3) is 4.61. The number of carbonyl (C=O) groups excluding carboxylic acids is 1. The first-order valence-electron chi connectivity index (χ1n) is 11.5. The predicted octanol–water partition coefficient (Wildman–Crippen LogP) is 5.20. The zero-order chi connectivity index (χ0) is 21.2. The molecule has 31 heavy (non-hydrogen) atoms. The molecule has 7 heteroatoms. The number of hydrogen-bond acceptors (Lipinski definition) is 5. The summed E-state index contributed by atoms with van der Waals surface area (Å²) in [5, 5.41) is 10.2. The molecule has 5 rings (SSSR count). The van der Waals surface area contributed by atoms with Gasteiger partial charge in [-0.1, -0.05) is 26.2 Å². The fraction of sp³-hybridized carbons (Fsp3) is 0.542. The SMILES string of the molecule is CC1CCC(=Nn2c(-c3ccc4c(c3)NC(=O)CO4)csc2=NC2CCCCC2)CC1. The van der Waals surface area contributed by atoms with E-state index in [1.54, 1.807) is 11.3 Å². The molecule has 2 aliphatic carbocycles. The minimum atomic E-state index is -0.118. The van der Waals surface area contributed by atoms with Crippen LogP contribution in [0.2, 0.25) is 0 Å². The van der Waals surface area contributed by atoms with Crippen LogP contribution in [-0.2, 0) is 4.79 Å². The molecule has 164 valence electrons. The number of rotatable bonds is 3.